The summed E-state index contributed by atoms with van der Waals surface area (Å²) in [5.74, 6) is 0. The predicted molar refractivity (Wildman–Crippen MR) is 67.6 cm³/mol. The molecule has 1 saturated carbocycles. The van der Waals surface area contributed by atoms with Gasteiger partial charge in [-0.1, -0.05) is 12.1 Å². The average Bonchev–Trinajstić information content (AvgIpc) is 2.95. The van der Waals surface area contributed by atoms with Gasteiger partial charge in [-0.25, -0.2) is 8.42 Å². The van der Waals surface area contributed by atoms with Crippen LogP contribution in [0.3, 0.4) is 0 Å². The molecule has 2 rings (SSSR count). The Labute approximate surface area is 102 Å². The lowest BCUT2D eigenvalue weighted by Crippen LogP contribution is -2.24. The summed E-state index contributed by atoms with van der Waals surface area (Å²) < 4.78 is 23.9. The second-order valence-electron chi connectivity index (χ2n) is 4.80. The summed E-state index contributed by atoms with van der Waals surface area (Å²) in [5.41, 5.74) is 1.17. The predicted octanol–water partition coefficient (Wildman–Crippen LogP) is 1.15. The lowest BCUT2D eigenvalue weighted by atomic mass is 10.1. The Kier molecular flexibility index (Phi) is 2.91. The highest BCUT2D eigenvalue weighted by Crippen LogP contribution is 2.38. The third-order valence-electron chi connectivity index (χ3n) is 3.16. The zero-order valence-electron chi connectivity index (χ0n) is 10.0. The lowest BCUT2D eigenvalue weighted by Gasteiger charge is -2.17. The van der Waals surface area contributed by atoms with Gasteiger partial charge in [-0.15, -0.1) is 0 Å². The highest BCUT2D eigenvalue weighted by Gasteiger charge is 2.39. The molecule has 0 saturated heterocycles. The van der Waals surface area contributed by atoms with Crippen LogP contribution in [0, 0.1) is 0 Å². The van der Waals surface area contributed by atoms with E-state index in [4.69, 9.17) is 0 Å². The van der Waals surface area contributed by atoms with Crippen molar-refractivity contribution in [2.24, 2.45) is 0 Å². The van der Waals surface area contributed by atoms with E-state index in [1.807, 2.05) is 12.1 Å². The van der Waals surface area contributed by atoms with Gasteiger partial charge < -0.3 is 5.11 Å². The van der Waals surface area contributed by atoms with Gasteiger partial charge in [-0.05, 0) is 30.5 Å². The molecule has 94 valence electrons. The number of nitrogens with zero attached hydrogens (tertiary/aromatic N) is 1. The molecule has 0 amide bonds. The van der Waals surface area contributed by atoms with Gasteiger partial charge in [0.05, 0.1) is 17.5 Å². The summed E-state index contributed by atoms with van der Waals surface area (Å²) >= 11 is 0. The summed E-state index contributed by atoms with van der Waals surface area (Å²) in [5, 5.41) is 9.78. The Morgan fingerprint density at radius 2 is 1.82 bits per heavy atom. The Morgan fingerprint density at radius 1 is 1.29 bits per heavy atom. The first kappa shape index (κ1) is 12.4. The second kappa shape index (κ2) is 3.99. The summed E-state index contributed by atoms with van der Waals surface area (Å²) in [6, 6.07) is 7.27. The van der Waals surface area contributed by atoms with Crippen molar-refractivity contribution >= 4 is 15.7 Å². The average molecular weight is 255 g/mol. The quantitative estimate of drug-likeness (QED) is 0.878. The van der Waals surface area contributed by atoms with E-state index < -0.39 is 15.6 Å². The van der Waals surface area contributed by atoms with Gasteiger partial charge in [0.1, 0.15) is 0 Å². The van der Waals surface area contributed by atoms with Crippen molar-refractivity contribution in [2.75, 3.05) is 17.6 Å². The van der Waals surface area contributed by atoms with E-state index in [0.717, 1.165) is 18.4 Å². The minimum Gasteiger partial charge on any atom is -0.390 e. The summed E-state index contributed by atoms with van der Waals surface area (Å²) in [6.45, 7) is 0. The largest absolute Gasteiger partial charge is 0.390 e. The maximum Gasteiger partial charge on any atom is 0.231 e. The van der Waals surface area contributed by atoms with Crippen molar-refractivity contribution in [3.8, 4) is 0 Å². The van der Waals surface area contributed by atoms with E-state index in [2.05, 4.69) is 0 Å². The van der Waals surface area contributed by atoms with E-state index >= 15 is 0 Å². The van der Waals surface area contributed by atoms with E-state index in [-0.39, 0.29) is 0 Å². The smallest absolute Gasteiger partial charge is 0.231 e. The van der Waals surface area contributed by atoms with E-state index in [1.165, 1.54) is 17.6 Å². The zero-order chi connectivity index (χ0) is 12.7. The lowest BCUT2D eigenvalue weighted by molar-refractivity contribution is 0.151. The van der Waals surface area contributed by atoms with Crippen molar-refractivity contribution in [1.82, 2.24) is 0 Å². The first-order chi connectivity index (χ1) is 7.80. The Balaban J connectivity index is 2.13. The highest BCUT2D eigenvalue weighted by atomic mass is 32.2. The van der Waals surface area contributed by atoms with Crippen LogP contribution in [0.4, 0.5) is 5.69 Å². The summed E-state index contributed by atoms with van der Waals surface area (Å²) in [7, 11) is -1.68. The van der Waals surface area contributed by atoms with Crippen LogP contribution < -0.4 is 4.31 Å². The summed E-state index contributed by atoms with van der Waals surface area (Å²) in [6.07, 6.45) is 3.54. The number of hydrogen-bond acceptors (Lipinski definition) is 3. The third kappa shape index (κ3) is 2.98. The second-order valence-corrected chi connectivity index (χ2v) is 6.81. The Morgan fingerprint density at radius 3 is 2.24 bits per heavy atom. The summed E-state index contributed by atoms with van der Waals surface area (Å²) in [4.78, 5) is 0. The number of hydrogen-bond donors (Lipinski definition) is 1. The maximum absolute atomic E-state index is 11.3. The van der Waals surface area contributed by atoms with Crippen LogP contribution in [0.1, 0.15) is 18.4 Å². The third-order valence-corrected chi connectivity index (χ3v) is 4.36. The van der Waals surface area contributed by atoms with Crippen molar-refractivity contribution < 1.29 is 13.5 Å². The first-order valence-corrected chi connectivity index (χ1v) is 7.40. The van der Waals surface area contributed by atoms with Gasteiger partial charge in [0.2, 0.25) is 10.0 Å². The standard InChI is InChI=1S/C12H17NO3S/c1-13(17(2,15)16)11-5-3-10(4-6-11)9-12(14)7-8-12/h3-6,14H,7-9H2,1-2H3. The molecule has 0 heterocycles. The minimum atomic E-state index is -3.21. The van der Waals surface area contributed by atoms with Crippen molar-refractivity contribution in [3.63, 3.8) is 0 Å². The molecule has 1 aromatic rings. The first-order valence-electron chi connectivity index (χ1n) is 5.55. The molecule has 1 aliphatic carbocycles. The van der Waals surface area contributed by atoms with Gasteiger partial charge in [0.15, 0.2) is 0 Å². The fourth-order valence-electron chi connectivity index (χ4n) is 1.72. The Hall–Kier alpha value is -1.07. The van der Waals surface area contributed by atoms with Crippen LogP contribution in [0.15, 0.2) is 24.3 Å². The molecule has 0 spiro atoms. The van der Waals surface area contributed by atoms with Crippen LogP contribution in [0.2, 0.25) is 0 Å². The monoisotopic (exact) mass is 255 g/mol. The fraction of sp³-hybridized carbons (Fsp3) is 0.500. The molecule has 0 unspecified atom stereocenters. The van der Waals surface area contributed by atoms with Crippen LogP contribution in [0.5, 0.6) is 0 Å². The molecule has 1 fully saturated rings. The van der Waals surface area contributed by atoms with E-state index in [1.54, 1.807) is 12.1 Å². The van der Waals surface area contributed by atoms with Gasteiger partial charge in [-0.3, -0.25) is 4.31 Å². The molecule has 0 bridgehead atoms. The van der Waals surface area contributed by atoms with Gasteiger partial charge in [0, 0.05) is 13.5 Å². The van der Waals surface area contributed by atoms with E-state index in [9.17, 15) is 13.5 Å². The van der Waals surface area contributed by atoms with Gasteiger partial charge in [-0.2, -0.15) is 0 Å². The zero-order valence-corrected chi connectivity index (χ0v) is 10.9. The molecule has 0 aromatic heterocycles. The minimum absolute atomic E-state index is 0.510. The molecular weight excluding hydrogens is 238 g/mol. The molecule has 1 aromatic carbocycles. The number of sulfonamides is 1. The van der Waals surface area contributed by atoms with Crippen LogP contribution in [0.25, 0.3) is 0 Å². The molecule has 0 radical (unpaired) electrons. The molecule has 4 nitrogen and oxygen atoms in total. The molecular formula is C12H17NO3S. The SMILES string of the molecule is CN(c1ccc(CC2(O)CC2)cc1)S(C)(=O)=O. The van der Waals surface area contributed by atoms with E-state index in [0.29, 0.717) is 12.1 Å². The van der Waals surface area contributed by atoms with Crippen LogP contribution >= 0.6 is 0 Å². The van der Waals surface area contributed by atoms with Crippen LogP contribution in [-0.4, -0.2) is 32.4 Å². The molecule has 0 aliphatic heterocycles. The highest BCUT2D eigenvalue weighted by molar-refractivity contribution is 7.92. The van der Waals surface area contributed by atoms with Crippen molar-refractivity contribution in [1.29, 1.82) is 0 Å². The van der Waals surface area contributed by atoms with Crippen LogP contribution in [-0.2, 0) is 16.4 Å². The molecule has 0 atom stereocenters. The normalized spacial score (nSPS) is 17.8. The number of anilines is 1. The van der Waals surface area contributed by atoms with Gasteiger partial charge in [0.25, 0.3) is 0 Å². The fourth-order valence-corrected chi connectivity index (χ4v) is 2.22. The van der Waals surface area contributed by atoms with Gasteiger partial charge >= 0.3 is 0 Å². The number of aliphatic hydroxyl groups is 1. The number of rotatable bonds is 4. The maximum atomic E-state index is 11.3. The molecule has 1 N–H and O–H groups in total. The topological polar surface area (TPSA) is 57.6 Å². The number of benzene rings is 1. The molecule has 5 heteroatoms. The molecule has 1 aliphatic rings. The Bertz CT molecular complexity index is 503. The van der Waals surface area contributed by atoms with Crippen molar-refractivity contribution in [3.05, 3.63) is 29.8 Å². The van der Waals surface area contributed by atoms with Crippen molar-refractivity contribution in [2.45, 2.75) is 24.9 Å². The molecule has 17 heavy (non-hydrogen) atoms.